The molecule has 0 saturated carbocycles. The molecule has 2 aromatic rings. The summed E-state index contributed by atoms with van der Waals surface area (Å²) in [5.74, 6) is 0. The van der Waals surface area contributed by atoms with Crippen LogP contribution in [-0.2, 0) is 16.8 Å². The van der Waals surface area contributed by atoms with Crippen molar-refractivity contribution in [3.05, 3.63) is 48.5 Å². The van der Waals surface area contributed by atoms with E-state index in [9.17, 15) is 0 Å². The molecule has 0 heterocycles. The number of hydrogen-bond donors (Lipinski definition) is 0. The van der Waals surface area contributed by atoms with Gasteiger partial charge in [0.2, 0.25) is 0 Å². The van der Waals surface area contributed by atoms with E-state index in [-0.39, 0.29) is 32.6 Å². The maximum atomic E-state index is 2.28. The predicted molar refractivity (Wildman–Crippen MR) is 99.3 cm³/mol. The van der Waals surface area contributed by atoms with Crippen molar-refractivity contribution in [1.29, 1.82) is 0 Å². The van der Waals surface area contributed by atoms with E-state index in [1.165, 1.54) is 24.6 Å². The molecular formula is C18H28CoP2. The molecule has 0 fully saturated rings. The summed E-state index contributed by atoms with van der Waals surface area (Å²) in [5, 5.41) is 3.14. The van der Waals surface area contributed by atoms with Crippen molar-refractivity contribution in [3.8, 4) is 0 Å². The first-order chi connectivity index (χ1) is 9.76. The van der Waals surface area contributed by atoms with E-state index in [0.717, 1.165) is 0 Å². The summed E-state index contributed by atoms with van der Waals surface area (Å²) < 4.78 is 0. The number of rotatable bonds is 6. The van der Waals surface area contributed by atoms with Crippen LogP contribution in [0.1, 0.15) is 27.7 Å². The third-order valence-electron chi connectivity index (χ3n) is 3.55. The average Bonchev–Trinajstić information content (AvgIpc) is 3.15. The van der Waals surface area contributed by atoms with E-state index in [4.69, 9.17) is 0 Å². The van der Waals surface area contributed by atoms with Gasteiger partial charge in [0.05, 0.1) is 0 Å². The molecular weight excluding hydrogens is 337 g/mol. The third-order valence-corrected chi connectivity index (χ3v) is 8.66. The van der Waals surface area contributed by atoms with Gasteiger partial charge in [-0.3, -0.25) is 0 Å². The van der Waals surface area contributed by atoms with Crippen LogP contribution in [0.5, 0.6) is 0 Å². The maximum absolute atomic E-state index is 2.28. The number of hydrogen-bond acceptors (Lipinski definition) is 0. The molecule has 0 aliphatic heterocycles. The second-order valence-electron chi connectivity index (χ2n) is 4.63. The van der Waals surface area contributed by atoms with Crippen LogP contribution in [0, 0.1) is 0 Å². The largest absolute Gasteiger partial charge is 2.00 e. The Morgan fingerprint density at radius 3 is 1.24 bits per heavy atom. The second-order valence-corrected chi connectivity index (χ2v) is 10.4. The summed E-state index contributed by atoms with van der Waals surface area (Å²) in [6, 6.07) is 17.5. The van der Waals surface area contributed by atoms with E-state index in [1.54, 1.807) is 10.6 Å². The first kappa shape index (κ1) is 21.1. The minimum absolute atomic E-state index is 0. The van der Waals surface area contributed by atoms with E-state index in [0.29, 0.717) is 0 Å². The zero-order valence-electron chi connectivity index (χ0n) is 13.7. The van der Waals surface area contributed by atoms with Crippen LogP contribution < -0.4 is 10.6 Å². The summed E-state index contributed by atoms with van der Waals surface area (Å²) in [5.41, 5.74) is 0. The Morgan fingerprint density at radius 1 is 0.714 bits per heavy atom. The first-order valence-electron chi connectivity index (χ1n) is 7.70. The molecule has 0 unspecified atom stereocenters. The SMILES string of the molecule is CCP(CC)c1ccc[cH-]1.CCP(CC)c1ccc[cH-]1.[Co+2]. The van der Waals surface area contributed by atoms with Crippen LogP contribution in [0.2, 0.25) is 0 Å². The van der Waals surface area contributed by atoms with Crippen molar-refractivity contribution in [2.75, 3.05) is 24.6 Å². The topological polar surface area (TPSA) is 0 Å². The van der Waals surface area contributed by atoms with Gasteiger partial charge in [-0.1, -0.05) is 27.7 Å². The molecule has 0 amide bonds. The summed E-state index contributed by atoms with van der Waals surface area (Å²) in [7, 11) is 0.371. The fourth-order valence-corrected chi connectivity index (χ4v) is 5.87. The molecule has 2 aromatic carbocycles. The van der Waals surface area contributed by atoms with Crippen molar-refractivity contribution < 1.29 is 16.8 Å². The van der Waals surface area contributed by atoms with Gasteiger partial charge in [-0.05, 0) is 24.6 Å². The zero-order chi connectivity index (χ0) is 14.8. The fraction of sp³-hybridized carbons (Fsp3) is 0.444. The Balaban J connectivity index is 0.000000364. The van der Waals surface area contributed by atoms with E-state index >= 15 is 0 Å². The van der Waals surface area contributed by atoms with Gasteiger partial charge in [-0.15, -0.1) is 26.5 Å². The quantitative estimate of drug-likeness (QED) is 0.493. The smallest absolute Gasteiger partial charge is 0.213 e. The molecule has 0 aliphatic carbocycles. The van der Waals surface area contributed by atoms with E-state index < -0.39 is 0 Å². The zero-order valence-corrected chi connectivity index (χ0v) is 16.5. The third kappa shape index (κ3) is 7.25. The Bertz CT molecular complexity index is 370. The van der Waals surface area contributed by atoms with E-state index in [1.807, 2.05) is 0 Å². The minimum Gasteiger partial charge on any atom is -0.213 e. The van der Waals surface area contributed by atoms with Gasteiger partial charge in [0.25, 0.3) is 0 Å². The molecule has 21 heavy (non-hydrogen) atoms. The molecule has 0 atom stereocenters. The van der Waals surface area contributed by atoms with Crippen molar-refractivity contribution in [1.82, 2.24) is 0 Å². The molecule has 3 heteroatoms. The van der Waals surface area contributed by atoms with Gasteiger partial charge >= 0.3 is 16.8 Å². The second kappa shape index (κ2) is 12.6. The fourth-order valence-electron chi connectivity index (χ4n) is 2.33. The van der Waals surface area contributed by atoms with Crippen LogP contribution in [-0.4, -0.2) is 24.6 Å². The molecule has 0 bridgehead atoms. The molecule has 0 aliphatic rings. The van der Waals surface area contributed by atoms with Crippen LogP contribution >= 0.6 is 15.8 Å². The summed E-state index contributed by atoms with van der Waals surface area (Å²) in [4.78, 5) is 0. The Hall–Kier alpha value is 0.0665. The van der Waals surface area contributed by atoms with Crippen molar-refractivity contribution in [2.45, 2.75) is 27.7 Å². The van der Waals surface area contributed by atoms with Gasteiger partial charge in [-0.25, -0.2) is 24.3 Å². The first-order valence-corrected chi connectivity index (χ1v) is 11.1. The molecule has 2 rings (SSSR count). The Kier molecular flexibility index (Phi) is 12.6. The van der Waals surface area contributed by atoms with Crippen LogP contribution in [0.15, 0.2) is 48.5 Å². The molecule has 0 aromatic heterocycles. The normalized spacial score (nSPS) is 10.2. The van der Waals surface area contributed by atoms with Crippen LogP contribution in [0.3, 0.4) is 0 Å². The van der Waals surface area contributed by atoms with Crippen molar-refractivity contribution in [2.24, 2.45) is 0 Å². The van der Waals surface area contributed by atoms with Gasteiger partial charge in [-0.2, -0.15) is 24.3 Å². The molecule has 1 radical (unpaired) electrons. The van der Waals surface area contributed by atoms with Gasteiger partial charge < -0.3 is 0 Å². The Morgan fingerprint density at radius 2 is 1.05 bits per heavy atom. The molecule has 0 N–H and O–H groups in total. The van der Waals surface area contributed by atoms with Gasteiger partial charge in [0, 0.05) is 0 Å². The average molecular weight is 365 g/mol. The summed E-state index contributed by atoms with van der Waals surface area (Å²) >= 11 is 0. The predicted octanol–water partition coefficient (Wildman–Crippen LogP) is 5.10. The van der Waals surface area contributed by atoms with Crippen LogP contribution in [0.25, 0.3) is 0 Å². The summed E-state index contributed by atoms with van der Waals surface area (Å²) in [6.45, 7) is 9.12. The van der Waals surface area contributed by atoms with Crippen molar-refractivity contribution in [3.63, 3.8) is 0 Å². The molecule has 119 valence electrons. The van der Waals surface area contributed by atoms with Gasteiger partial charge in [0.15, 0.2) is 0 Å². The molecule has 0 nitrogen and oxygen atoms in total. The van der Waals surface area contributed by atoms with E-state index in [2.05, 4.69) is 76.2 Å². The maximum Gasteiger partial charge on any atom is 2.00 e. The standard InChI is InChI=1S/2C9H14P.Co/c2*1-3-10(4-2)9-7-5-6-8-9;/h2*5-8H,3-4H2,1-2H3;/q2*-1;+2. The monoisotopic (exact) mass is 365 g/mol. The van der Waals surface area contributed by atoms with Crippen LogP contribution in [0.4, 0.5) is 0 Å². The van der Waals surface area contributed by atoms with Gasteiger partial charge in [0.1, 0.15) is 0 Å². The van der Waals surface area contributed by atoms with Crippen molar-refractivity contribution >= 4 is 26.5 Å². The molecule has 0 spiro atoms. The molecule has 0 saturated heterocycles. The summed E-state index contributed by atoms with van der Waals surface area (Å²) in [6.07, 6.45) is 5.32. The minimum atomic E-state index is 0. The Labute approximate surface area is 144 Å².